The third-order valence-electron chi connectivity index (χ3n) is 4.18. The average molecular weight is 347 g/mol. The lowest BCUT2D eigenvalue weighted by Gasteiger charge is -2.06. The van der Waals surface area contributed by atoms with Crippen molar-refractivity contribution < 1.29 is 0 Å². The zero-order valence-corrected chi connectivity index (χ0v) is 17.6. The Morgan fingerprint density at radius 1 is 0.538 bits per heavy atom. The third-order valence-corrected chi connectivity index (χ3v) is 4.18. The third kappa shape index (κ3) is 4.85. The van der Waals surface area contributed by atoms with Crippen LogP contribution in [0, 0.1) is 6.92 Å². The van der Waals surface area contributed by atoms with Gasteiger partial charge in [0.25, 0.3) is 0 Å². The van der Waals surface area contributed by atoms with Crippen LogP contribution < -0.4 is 0 Å². The van der Waals surface area contributed by atoms with Gasteiger partial charge in [-0.15, -0.1) is 0 Å². The molecule has 0 nitrogen and oxygen atoms in total. The number of aryl methyl sites for hydroxylation is 1. The summed E-state index contributed by atoms with van der Waals surface area (Å²) in [5, 5.41) is 0. The summed E-state index contributed by atoms with van der Waals surface area (Å²) in [4.78, 5) is 0. The highest BCUT2D eigenvalue weighted by Crippen LogP contribution is 2.38. The van der Waals surface area contributed by atoms with Crippen molar-refractivity contribution in [2.75, 3.05) is 0 Å². The van der Waals surface area contributed by atoms with Crippen LogP contribution in [0.2, 0.25) is 0 Å². The highest BCUT2D eigenvalue weighted by atomic mass is 14.2. The number of rotatable bonds is 1. The molecule has 0 unspecified atom stereocenters. The van der Waals surface area contributed by atoms with Crippen molar-refractivity contribution in [2.45, 2.75) is 54.9 Å². The minimum absolute atomic E-state index is 1.06. The van der Waals surface area contributed by atoms with Gasteiger partial charge in [0.1, 0.15) is 0 Å². The van der Waals surface area contributed by atoms with Crippen molar-refractivity contribution in [1.29, 1.82) is 0 Å². The topological polar surface area (TPSA) is 0 Å². The molecule has 1 aliphatic carbocycles. The molecule has 0 aliphatic heterocycles. The van der Waals surface area contributed by atoms with Gasteiger partial charge in [0.2, 0.25) is 0 Å². The van der Waals surface area contributed by atoms with Crippen LogP contribution in [0.1, 0.15) is 58.2 Å². The Bertz CT molecular complexity index is 779. The van der Waals surface area contributed by atoms with E-state index in [9.17, 15) is 0 Å². The second-order valence-corrected chi connectivity index (χ2v) is 5.57. The zero-order chi connectivity index (χ0) is 19.5. The molecule has 0 amide bonds. The standard InChI is InChI=1S/C20H16.3C2H6/c1-14-6-8-15(9-7-14)16-10-11-20-18(12-16)13-17-4-2-3-5-19(17)20;3*1-2/h2-12H,13H2,1H3;3*1-2H3. The Morgan fingerprint density at radius 3 is 1.73 bits per heavy atom. The molecular weight excluding hydrogens is 312 g/mol. The molecule has 3 aromatic carbocycles. The van der Waals surface area contributed by atoms with Gasteiger partial charge in [0.15, 0.2) is 0 Å². The molecule has 0 atom stereocenters. The Morgan fingerprint density at radius 2 is 1.08 bits per heavy atom. The first kappa shape index (κ1) is 21.7. The lowest BCUT2D eigenvalue weighted by atomic mass is 9.98. The van der Waals surface area contributed by atoms with Crippen molar-refractivity contribution in [3.63, 3.8) is 0 Å². The van der Waals surface area contributed by atoms with E-state index in [1.54, 1.807) is 0 Å². The summed E-state index contributed by atoms with van der Waals surface area (Å²) < 4.78 is 0. The maximum atomic E-state index is 2.35. The summed E-state index contributed by atoms with van der Waals surface area (Å²) in [6, 6.07) is 24.4. The molecule has 0 bridgehead atoms. The average Bonchev–Trinajstić information content (AvgIpc) is 3.11. The maximum Gasteiger partial charge on any atom is -0.00132 e. The predicted octanol–water partition coefficient (Wildman–Crippen LogP) is 8.31. The Hall–Kier alpha value is -2.34. The summed E-state index contributed by atoms with van der Waals surface area (Å²) in [6.45, 7) is 14.1. The fourth-order valence-corrected chi connectivity index (χ4v) is 3.07. The van der Waals surface area contributed by atoms with Gasteiger partial charge in [-0.1, -0.05) is 114 Å². The molecule has 26 heavy (non-hydrogen) atoms. The van der Waals surface area contributed by atoms with Crippen molar-refractivity contribution in [3.05, 3.63) is 83.4 Å². The summed E-state index contributed by atoms with van der Waals surface area (Å²) >= 11 is 0. The molecule has 0 N–H and O–H groups in total. The van der Waals surface area contributed by atoms with Gasteiger partial charge >= 0.3 is 0 Å². The van der Waals surface area contributed by atoms with E-state index in [-0.39, 0.29) is 0 Å². The van der Waals surface area contributed by atoms with Crippen LogP contribution in [-0.2, 0) is 6.42 Å². The highest BCUT2D eigenvalue weighted by Gasteiger charge is 2.17. The van der Waals surface area contributed by atoms with Crippen LogP contribution in [0.5, 0.6) is 0 Å². The SMILES string of the molecule is CC.CC.CC.Cc1ccc(-c2ccc3c(c2)Cc2ccccc2-3)cc1. The van der Waals surface area contributed by atoms with Crippen LogP contribution >= 0.6 is 0 Å². The second kappa shape index (κ2) is 11.3. The van der Waals surface area contributed by atoms with E-state index >= 15 is 0 Å². The van der Waals surface area contributed by atoms with Gasteiger partial charge in [0, 0.05) is 0 Å². The van der Waals surface area contributed by atoms with Crippen LogP contribution in [0.15, 0.2) is 66.7 Å². The molecule has 0 spiro atoms. The highest BCUT2D eigenvalue weighted by molar-refractivity contribution is 5.80. The van der Waals surface area contributed by atoms with Gasteiger partial charge in [-0.25, -0.2) is 0 Å². The number of hydrogen-bond acceptors (Lipinski definition) is 0. The molecule has 4 rings (SSSR count). The Labute approximate surface area is 160 Å². The smallest absolute Gasteiger partial charge is 0.00132 e. The first-order valence-electron chi connectivity index (χ1n) is 10.1. The van der Waals surface area contributed by atoms with Gasteiger partial charge in [0.05, 0.1) is 0 Å². The van der Waals surface area contributed by atoms with E-state index in [0.29, 0.717) is 0 Å². The minimum Gasteiger partial charge on any atom is -0.0683 e. The molecule has 0 fully saturated rings. The van der Waals surface area contributed by atoms with E-state index in [0.717, 1.165) is 6.42 Å². The van der Waals surface area contributed by atoms with E-state index < -0.39 is 0 Å². The minimum atomic E-state index is 1.06. The molecule has 0 saturated carbocycles. The van der Waals surface area contributed by atoms with E-state index in [2.05, 4.69) is 73.7 Å². The molecular formula is C26H34. The first-order valence-corrected chi connectivity index (χ1v) is 10.1. The zero-order valence-electron chi connectivity index (χ0n) is 17.6. The van der Waals surface area contributed by atoms with Crippen LogP contribution in [0.3, 0.4) is 0 Å². The molecule has 1 aliphatic rings. The maximum absolute atomic E-state index is 2.35. The van der Waals surface area contributed by atoms with Crippen molar-refractivity contribution in [3.8, 4) is 22.3 Å². The summed E-state index contributed by atoms with van der Waals surface area (Å²) in [5.74, 6) is 0. The predicted molar refractivity (Wildman–Crippen MR) is 119 cm³/mol. The quantitative estimate of drug-likeness (QED) is 0.325. The largest absolute Gasteiger partial charge is 0.0683 e. The molecule has 0 heterocycles. The van der Waals surface area contributed by atoms with E-state index in [1.165, 1.54) is 38.9 Å². The molecule has 0 aromatic heterocycles. The Kier molecular flexibility index (Phi) is 9.44. The molecule has 0 saturated heterocycles. The van der Waals surface area contributed by atoms with Crippen LogP contribution in [0.25, 0.3) is 22.3 Å². The van der Waals surface area contributed by atoms with Crippen molar-refractivity contribution >= 4 is 0 Å². The van der Waals surface area contributed by atoms with Gasteiger partial charge in [-0.05, 0) is 46.7 Å². The molecule has 138 valence electrons. The second-order valence-electron chi connectivity index (χ2n) is 5.57. The fourth-order valence-electron chi connectivity index (χ4n) is 3.07. The number of benzene rings is 3. The summed E-state index contributed by atoms with van der Waals surface area (Å²) in [7, 11) is 0. The van der Waals surface area contributed by atoms with Gasteiger partial charge in [-0.2, -0.15) is 0 Å². The number of hydrogen-bond donors (Lipinski definition) is 0. The van der Waals surface area contributed by atoms with Crippen LogP contribution in [0.4, 0.5) is 0 Å². The lowest BCUT2D eigenvalue weighted by Crippen LogP contribution is -1.84. The van der Waals surface area contributed by atoms with Gasteiger partial charge < -0.3 is 0 Å². The van der Waals surface area contributed by atoms with Crippen molar-refractivity contribution in [1.82, 2.24) is 0 Å². The molecule has 0 radical (unpaired) electrons. The van der Waals surface area contributed by atoms with Crippen LogP contribution in [-0.4, -0.2) is 0 Å². The van der Waals surface area contributed by atoms with E-state index in [4.69, 9.17) is 0 Å². The van der Waals surface area contributed by atoms with E-state index in [1.807, 2.05) is 41.5 Å². The normalized spacial score (nSPS) is 9.96. The molecule has 0 heteroatoms. The monoisotopic (exact) mass is 346 g/mol. The lowest BCUT2D eigenvalue weighted by molar-refractivity contribution is 1.26. The molecule has 3 aromatic rings. The summed E-state index contributed by atoms with van der Waals surface area (Å²) in [6.07, 6.45) is 1.06. The fraction of sp³-hybridized carbons (Fsp3) is 0.308. The first-order chi connectivity index (χ1) is 12.8. The Balaban J connectivity index is 0.000000515. The number of fused-ring (bicyclic) bond motifs is 3. The van der Waals surface area contributed by atoms with Crippen molar-refractivity contribution in [2.24, 2.45) is 0 Å². The summed E-state index contributed by atoms with van der Waals surface area (Å²) in [5.41, 5.74) is 9.62. The van der Waals surface area contributed by atoms with Gasteiger partial charge in [-0.3, -0.25) is 0 Å².